The molecule has 4 nitrogen and oxygen atoms in total. The highest BCUT2D eigenvalue weighted by Gasteiger charge is 2.35. The highest BCUT2D eigenvalue weighted by molar-refractivity contribution is 5.89. The number of hydrogen-bond acceptors (Lipinski definition) is 4. The van der Waals surface area contributed by atoms with Gasteiger partial charge in [-0.3, -0.25) is 0 Å². The molecule has 1 aliphatic heterocycles. The minimum absolute atomic E-state index is 0.350. The maximum Gasteiger partial charge on any atom is 0.360 e. The zero-order valence-electron chi connectivity index (χ0n) is 10.8. The minimum atomic E-state index is -0.371. The second-order valence-electron chi connectivity index (χ2n) is 4.24. The van der Waals surface area contributed by atoms with Crippen LogP contribution in [0.5, 0.6) is 0 Å². The van der Waals surface area contributed by atoms with Crippen LogP contribution in [0.2, 0.25) is 0 Å². The number of aryl methyl sites for hydroxylation is 1. The predicted octanol–water partition coefficient (Wildman–Crippen LogP) is 2.36. The van der Waals surface area contributed by atoms with E-state index < -0.39 is 0 Å². The monoisotopic (exact) mass is 247 g/mol. The van der Waals surface area contributed by atoms with Crippen molar-refractivity contribution in [3.8, 4) is 0 Å². The van der Waals surface area contributed by atoms with Crippen LogP contribution in [0.25, 0.3) is 0 Å². The van der Waals surface area contributed by atoms with Gasteiger partial charge >= 0.3 is 5.97 Å². The Balaban J connectivity index is 2.22. The van der Waals surface area contributed by atoms with Crippen LogP contribution in [-0.4, -0.2) is 24.5 Å². The van der Waals surface area contributed by atoms with Crippen LogP contribution in [0.1, 0.15) is 24.3 Å². The largest absolute Gasteiger partial charge is 0.499 e. The van der Waals surface area contributed by atoms with Gasteiger partial charge in [-0.2, -0.15) is 0 Å². The summed E-state index contributed by atoms with van der Waals surface area (Å²) in [5, 5.41) is 0. The van der Waals surface area contributed by atoms with Crippen molar-refractivity contribution >= 4 is 5.97 Å². The molecule has 0 spiro atoms. The van der Waals surface area contributed by atoms with Gasteiger partial charge in [0.05, 0.1) is 6.61 Å². The number of hydrogen-bond donors (Lipinski definition) is 0. The number of carbonyl (C=O) groups excluding carboxylic acids is 1. The van der Waals surface area contributed by atoms with Crippen molar-refractivity contribution in [2.24, 2.45) is 0 Å². The molecule has 1 saturated heterocycles. The van der Waals surface area contributed by atoms with Crippen molar-refractivity contribution < 1.29 is 14.3 Å². The molecule has 0 N–H and O–H groups in total. The molecule has 1 unspecified atom stereocenters. The third kappa shape index (κ3) is 2.32. The molecule has 1 aromatic rings. The third-order valence-electron chi connectivity index (χ3n) is 2.88. The Kier molecular flexibility index (Phi) is 3.55. The molecular formula is C14H17NO3. The van der Waals surface area contributed by atoms with Crippen LogP contribution in [0.3, 0.4) is 0 Å². The van der Waals surface area contributed by atoms with Crippen molar-refractivity contribution in [2.75, 3.05) is 13.7 Å². The zero-order chi connectivity index (χ0) is 13.1. The van der Waals surface area contributed by atoms with E-state index in [2.05, 4.69) is 0 Å². The Bertz CT molecular complexity index is 464. The molecule has 18 heavy (non-hydrogen) atoms. The average Bonchev–Trinajstić information content (AvgIpc) is 2.64. The number of likely N-dealkylation sites (N-methyl/N-ethyl adjacent to an activating group) is 1. The Morgan fingerprint density at radius 1 is 1.39 bits per heavy atom. The number of rotatable bonds is 3. The first-order valence-electron chi connectivity index (χ1n) is 5.95. The Morgan fingerprint density at radius 2 is 2.06 bits per heavy atom. The molecule has 1 fully saturated rings. The van der Waals surface area contributed by atoms with Gasteiger partial charge in [-0.1, -0.05) is 29.8 Å². The van der Waals surface area contributed by atoms with E-state index in [1.807, 2.05) is 45.2 Å². The van der Waals surface area contributed by atoms with Crippen molar-refractivity contribution in [1.29, 1.82) is 0 Å². The summed E-state index contributed by atoms with van der Waals surface area (Å²) >= 11 is 0. The molecule has 1 aromatic carbocycles. The van der Waals surface area contributed by atoms with Crippen molar-refractivity contribution in [3.63, 3.8) is 0 Å². The topological polar surface area (TPSA) is 38.8 Å². The Labute approximate surface area is 107 Å². The molecule has 4 heteroatoms. The van der Waals surface area contributed by atoms with Gasteiger partial charge in [0.2, 0.25) is 6.23 Å². The van der Waals surface area contributed by atoms with Crippen molar-refractivity contribution in [2.45, 2.75) is 20.1 Å². The fourth-order valence-corrected chi connectivity index (χ4v) is 1.83. The highest BCUT2D eigenvalue weighted by atomic mass is 16.6. The van der Waals surface area contributed by atoms with E-state index in [1.54, 1.807) is 4.90 Å². The number of esters is 1. The summed E-state index contributed by atoms with van der Waals surface area (Å²) in [7, 11) is 1.82. The second-order valence-corrected chi connectivity index (χ2v) is 4.24. The molecule has 0 saturated carbocycles. The lowest BCUT2D eigenvalue weighted by Gasteiger charge is -2.19. The summed E-state index contributed by atoms with van der Waals surface area (Å²) in [5.74, 6) is -0.350. The molecular weight excluding hydrogens is 230 g/mol. The number of benzene rings is 1. The lowest BCUT2D eigenvalue weighted by atomic mass is 10.1. The van der Waals surface area contributed by atoms with Gasteiger partial charge in [-0.15, -0.1) is 0 Å². The smallest absolute Gasteiger partial charge is 0.360 e. The van der Waals surface area contributed by atoms with E-state index in [1.165, 1.54) is 11.8 Å². The number of ether oxygens (including phenoxy) is 2. The van der Waals surface area contributed by atoms with Crippen molar-refractivity contribution in [1.82, 2.24) is 4.90 Å². The van der Waals surface area contributed by atoms with Crippen LogP contribution >= 0.6 is 0 Å². The average molecular weight is 247 g/mol. The fourth-order valence-electron chi connectivity index (χ4n) is 1.83. The molecule has 1 aliphatic rings. The molecule has 0 aromatic heterocycles. The van der Waals surface area contributed by atoms with Gasteiger partial charge in [0.25, 0.3) is 0 Å². The van der Waals surface area contributed by atoms with Crippen LogP contribution in [0.4, 0.5) is 0 Å². The molecule has 2 rings (SSSR count). The quantitative estimate of drug-likeness (QED) is 0.467. The summed E-state index contributed by atoms with van der Waals surface area (Å²) in [5.41, 5.74) is 2.58. The van der Waals surface area contributed by atoms with Crippen LogP contribution in [0, 0.1) is 6.92 Å². The van der Waals surface area contributed by atoms with E-state index in [0.29, 0.717) is 12.3 Å². The standard InChI is InChI=1S/C14H17NO3/c1-4-17-9-12-14(16)18-13(15(12)3)11-7-5-10(2)6-8-11/h5-9,13H,4H2,1-3H3/b12-9-. The zero-order valence-corrected chi connectivity index (χ0v) is 10.8. The van der Waals surface area contributed by atoms with Crippen LogP contribution in [0.15, 0.2) is 36.2 Å². The second kappa shape index (κ2) is 5.12. The van der Waals surface area contributed by atoms with Gasteiger partial charge in [0.1, 0.15) is 6.26 Å². The lowest BCUT2D eigenvalue weighted by Crippen LogP contribution is -2.17. The van der Waals surface area contributed by atoms with Gasteiger partial charge in [0, 0.05) is 12.6 Å². The minimum Gasteiger partial charge on any atom is -0.499 e. The molecule has 1 heterocycles. The SMILES string of the molecule is CCO/C=C1/C(=O)OC(c2ccc(C)cc2)N1C. The van der Waals surface area contributed by atoms with E-state index in [9.17, 15) is 4.79 Å². The van der Waals surface area contributed by atoms with E-state index in [-0.39, 0.29) is 12.2 Å². The summed E-state index contributed by atoms with van der Waals surface area (Å²) < 4.78 is 10.5. The van der Waals surface area contributed by atoms with Gasteiger partial charge in [-0.05, 0) is 13.8 Å². The van der Waals surface area contributed by atoms with Gasteiger partial charge < -0.3 is 14.4 Å². The van der Waals surface area contributed by atoms with Crippen LogP contribution < -0.4 is 0 Å². The third-order valence-corrected chi connectivity index (χ3v) is 2.88. The van der Waals surface area contributed by atoms with Crippen molar-refractivity contribution in [3.05, 3.63) is 47.4 Å². The van der Waals surface area contributed by atoms with Crippen LogP contribution in [-0.2, 0) is 14.3 Å². The molecule has 0 aliphatic carbocycles. The van der Waals surface area contributed by atoms with Gasteiger partial charge in [0.15, 0.2) is 5.70 Å². The molecule has 0 radical (unpaired) electrons. The first-order valence-corrected chi connectivity index (χ1v) is 5.95. The normalized spacial score (nSPS) is 21.3. The first kappa shape index (κ1) is 12.5. The van der Waals surface area contributed by atoms with E-state index in [0.717, 1.165) is 5.56 Å². The van der Waals surface area contributed by atoms with Gasteiger partial charge in [-0.25, -0.2) is 4.79 Å². The highest BCUT2D eigenvalue weighted by Crippen LogP contribution is 2.32. The Morgan fingerprint density at radius 3 is 2.67 bits per heavy atom. The summed E-state index contributed by atoms with van der Waals surface area (Å²) in [6.07, 6.45) is 1.08. The molecule has 1 atom stereocenters. The summed E-state index contributed by atoms with van der Waals surface area (Å²) in [6.45, 7) is 4.42. The number of cyclic esters (lactones) is 1. The summed E-state index contributed by atoms with van der Waals surface area (Å²) in [6, 6.07) is 7.93. The molecule has 0 bridgehead atoms. The van der Waals surface area contributed by atoms with E-state index >= 15 is 0 Å². The molecule has 0 amide bonds. The fraction of sp³-hybridized carbons (Fsp3) is 0.357. The number of carbonyl (C=O) groups is 1. The molecule has 96 valence electrons. The Hall–Kier alpha value is -1.97. The lowest BCUT2D eigenvalue weighted by molar-refractivity contribution is -0.140. The number of nitrogens with zero attached hydrogens (tertiary/aromatic N) is 1. The maximum atomic E-state index is 11.7. The maximum absolute atomic E-state index is 11.7. The predicted molar refractivity (Wildman–Crippen MR) is 67.5 cm³/mol. The first-order chi connectivity index (χ1) is 8.63. The van der Waals surface area contributed by atoms with E-state index in [4.69, 9.17) is 9.47 Å². The summed E-state index contributed by atoms with van der Waals surface area (Å²) in [4.78, 5) is 13.5.